The molecule has 0 saturated carbocycles. The van der Waals surface area contributed by atoms with Crippen LogP contribution >= 0.6 is 23.2 Å². The van der Waals surface area contributed by atoms with E-state index in [1.165, 1.54) is 6.92 Å². The van der Waals surface area contributed by atoms with Crippen LogP contribution in [0.25, 0.3) is 0 Å². The van der Waals surface area contributed by atoms with Gasteiger partial charge in [0.2, 0.25) is 5.91 Å². The Hall–Kier alpha value is -3.02. The Bertz CT molecular complexity index is 1050. The lowest BCUT2D eigenvalue weighted by Gasteiger charge is -2.13. The van der Waals surface area contributed by atoms with Crippen molar-refractivity contribution in [1.82, 2.24) is 0 Å². The molecule has 29 heavy (non-hydrogen) atoms. The molecular weight excluding hydrogens is 411 g/mol. The molecule has 0 heterocycles. The molecule has 0 saturated heterocycles. The van der Waals surface area contributed by atoms with Crippen LogP contribution in [-0.4, -0.2) is 11.8 Å². The van der Waals surface area contributed by atoms with Gasteiger partial charge in [-0.05, 0) is 36.4 Å². The number of ether oxygens (including phenoxy) is 1. The average Bonchev–Trinajstić information content (AvgIpc) is 2.69. The van der Waals surface area contributed by atoms with Crippen molar-refractivity contribution in [1.29, 1.82) is 0 Å². The fraction of sp³-hybridized carbons (Fsp3) is 0.0909. The van der Waals surface area contributed by atoms with Crippen molar-refractivity contribution in [3.8, 4) is 5.75 Å². The van der Waals surface area contributed by atoms with Crippen LogP contribution in [-0.2, 0) is 11.4 Å². The van der Waals surface area contributed by atoms with Gasteiger partial charge in [-0.25, -0.2) is 0 Å². The summed E-state index contributed by atoms with van der Waals surface area (Å²) in [6.07, 6.45) is 0. The summed E-state index contributed by atoms with van der Waals surface area (Å²) in [4.78, 5) is 23.9. The Kier molecular flexibility index (Phi) is 6.75. The fourth-order valence-electron chi connectivity index (χ4n) is 2.63. The molecule has 0 spiro atoms. The van der Waals surface area contributed by atoms with Gasteiger partial charge < -0.3 is 15.4 Å². The van der Waals surface area contributed by atoms with E-state index in [1.807, 2.05) is 18.2 Å². The van der Waals surface area contributed by atoms with E-state index in [-0.39, 0.29) is 18.4 Å². The van der Waals surface area contributed by atoms with Gasteiger partial charge in [0.1, 0.15) is 12.4 Å². The summed E-state index contributed by atoms with van der Waals surface area (Å²) >= 11 is 12.3. The number of halogens is 2. The first-order chi connectivity index (χ1) is 13.9. The first kappa shape index (κ1) is 20.7. The van der Waals surface area contributed by atoms with Gasteiger partial charge in [0, 0.05) is 23.2 Å². The topological polar surface area (TPSA) is 67.4 Å². The molecule has 3 aromatic carbocycles. The molecule has 0 aliphatic rings. The zero-order chi connectivity index (χ0) is 20.8. The molecule has 2 amide bonds. The molecule has 0 bridgehead atoms. The van der Waals surface area contributed by atoms with E-state index >= 15 is 0 Å². The average molecular weight is 429 g/mol. The summed E-state index contributed by atoms with van der Waals surface area (Å²) in [5, 5.41) is 6.33. The number of benzene rings is 3. The van der Waals surface area contributed by atoms with Crippen molar-refractivity contribution >= 4 is 46.4 Å². The second-order valence-electron chi connectivity index (χ2n) is 6.21. The molecule has 0 aliphatic carbocycles. The number of carbonyl (C=O) groups is 2. The lowest BCUT2D eigenvalue weighted by Crippen LogP contribution is -2.14. The molecular formula is C22H18Cl2N2O3. The second-order valence-corrected chi connectivity index (χ2v) is 7.02. The third kappa shape index (κ3) is 5.50. The van der Waals surface area contributed by atoms with Crippen LogP contribution in [0.3, 0.4) is 0 Å². The summed E-state index contributed by atoms with van der Waals surface area (Å²) in [5.74, 6) is -0.137. The predicted octanol–water partition coefficient (Wildman–Crippen LogP) is 5.78. The van der Waals surface area contributed by atoms with Crippen LogP contribution < -0.4 is 15.4 Å². The quantitative estimate of drug-likeness (QED) is 0.522. The monoisotopic (exact) mass is 428 g/mol. The van der Waals surface area contributed by atoms with Crippen molar-refractivity contribution in [2.24, 2.45) is 0 Å². The maximum Gasteiger partial charge on any atom is 0.259 e. The number of carbonyl (C=O) groups excluding carboxylic acids is 2. The molecule has 0 unspecified atom stereocenters. The van der Waals surface area contributed by atoms with Crippen molar-refractivity contribution in [3.63, 3.8) is 0 Å². The molecule has 148 valence electrons. The molecule has 0 radical (unpaired) electrons. The van der Waals surface area contributed by atoms with Gasteiger partial charge in [-0.15, -0.1) is 0 Å². The molecule has 0 aromatic heterocycles. The number of hydrogen-bond donors (Lipinski definition) is 2. The molecule has 5 nitrogen and oxygen atoms in total. The smallest absolute Gasteiger partial charge is 0.259 e. The van der Waals surface area contributed by atoms with Gasteiger partial charge in [0.25, 0.3) is 5.91 Å². The van der Waals surface area contributed by atoms with Crippen LogP contribution in [0.1, 0.15) is 22.8 Å². The van der Waals surface area contributed by atoms with E-state index in [0.29, 0.717) is 32.7 Å². The number of para-hydroxylation sites is 1. The summed E-state index contributed by atoms with van der Waals surface area (Å²) in [6, 6.07) is 19.1. The molecule has 0 atom stereocenters. The van der Waals surface area contributed by atoms with E-state index in [1.54, 1.807) is 48.5 Å². The maximum absolute atomic E-state index is 12.8. The minimum Gasteiger partial charge on any atom is -0.488 e. The van der Waals surface area contributed by atoms with Crippen molar-refractivity contribution < 1.29 is 14.3 Å². The number of amides is 2. The van der Waals surface area contributed by atoms with Gasteiger partial charge in [-0.1, -0.05) is 53.5 Å². The molecule has 3 aromatic rings. The second kappa shape index (κ2) is 9.45. The molecule has 2 N–H and O–H groups in total. The van der Waals surface area contributed by atoms with Crippen LogP contribution in [0.2, 0.25) is 10.0 Å². The molecule has 7 heteroatoms. The lowest BCUT2D eigenvalue weighted by molar-refractivity contribution is -0.114. The predicted molar refractivity (Wildman–Crippen MR) is 116 cm³/mol. The van der Waals surface area contributed by atoms with E-state index in [4.69, 9.17) is 27.9 Å². The third-order valence-electron chi connectivity index (χ3n) is 4.01. The Morgan fingerprint density at radius 3 is 2.34 bits per heavy atom. The minimum absolute atomic E-state index is 0.228. The summed E-state index contributed by atoms with van der Waals surface area (Å²) < 4.78 is 5.83. The molecule has 3 rings (SSSR count). The van der Waals surface area contributed by atoms with Crippen molar-refractivity contribution in [2.45, 2.75) is 13.5 Å². The van der Waals surface area contributed by atoms with E-state index < -0.39 is 0 Å². The highest BCUT2D eigenvalue weighted by Crippen LogP contribution is 2.27. The Balaban J connectivity index is 1.74. The normalized spacial score (nSPS) is 10.3. The highest BCUT2D eigenvalue weighted by atomic mass is 35.5. The fourth-order valence-corrected chi connectivity index (χ4v) is 3.05. The standard InChI is InChI=1S/C22H18Cl2N2O3/c1-14(27)25-20-11-10-16(12-19(20)24)26-22(28)17-7-3-5-9-21(17)29-13-15-6-2-4-8-18(15)23/h2-12H,13H2,1H3,(H,25,27)(H,26,28). The molecule has 0 fully saturated rings. The summed E-state index contributed by atoms with van der Waals surface area (Å²) in [5.41, 5.74) is 2.17. The number of nitrogens with one attached hydrogen (secondary N) is 2. The first-order valence-electron chi connectivity index (χ1n) is 8.78. The largest absolute Gasteiger partial charge is 0.488 e. The van der Waals surface area contributed by atoms with Crippen LogP contribution in [0, 0.1) is 0 Å². The highest BCUT2D eigenvalue weighted by Gasteiger charge is 2.14. The third-order valence-corrected chi connectivity index (χ3v) is 4.69. The SMILES string of the molecule is CC(=O)Nc1ccc(NC(=O)c2ccccc2OCc2ccccc2Cl)cc1Cl. The minimum atomic E-state index is -0.344. The van der Waals surface area contributed by atoms with Crippen LogP contribution in [0.5, 0.6) is 5.75 Å². The van der Waals surface area contributed by atoms with Crippen LogP contribution in [0.15, 0.2) is 66.7 Å². The zero-order valence-electron chi connectivity index (χ0n) is 15.5. The van der Waals surface area contributed by atoms with Crippen molar-refractivity contribution in [2.75, 3.05) is 10.6 Å². The lowest BCUT2D eigenvalue weighted by atomic mass is 10.1. The van der Waals surface area contributed by atoms with Gasteiger partial charge >= 0.3 is 0 Å². The van der Waals surface area contributed by atoms with E-state index in [2.05, 4.69) is 10.6 Å². The summed E-state index contributed by atoms with van der Waals surface area (Å²) in [6.45, 7) is 1.63. The number of rotatable bonds is 6. The van der Waals surface area contributed by atoms with Gasteiger partial charge in [0.05, 0.1) is 16.3 Å². The Morgan fingerprint density at radius 1 is 0.897 bits per heavy atom. The van der Waals surface area contributed by atoms with E-state index in [0.717, 1.165) is 5.56 Å². The first-order valence-corrected chi connectivity index (χ1v) is 9.53. The highest BCUT2D eigenvalue weighted by molar-refractivity contribution is 6.34. The summed E-state index contributed by atoms with van der Waals surface area (Å²) in [7, 11) is 0. The van der Waals surface area contributed by atoms with E-state index in [9.17, 15) is 9.59 Å². The van der Waals surface area contributed by atoms with Gasteiger partial charge in [0.15, 0.2) is 0 Å². The number of hydrogen-bond acceptors (Lipinski definition) is 3. The Morgan fingerprint density at radius 2 is 1.62 bits per heavy atom. The zero-order valence-corrected chi connectivity index (χ0v) is 17.1. The van der Waals surface area contributed by atoms with Crippen LogP contribution in [0.4, 0.5) is 11.4 Å². The van der Waals surface area contributed by atoms with Gasteiger partial charge in [-0.2, -0.15) is 0 Å². The Labute approximate surface area is 178 Å². The maximum atomic E-state index is 12.8. The molecule has 0 aliphatic heterocycles. The van der Waals surface area contributed by atoms with Crippen molar-refractivity contribution in [3.05, 3.63) is 87.9 Å². The van der Waals surface area contributed by atoms with Gasteiger partial charge in [-0.3, -0.25) is 9.59 Å². The number of anilines is 2.